The van der Waals surface area contributed by atoms with E-state index in [1.165, 1.54) is 15.3 Å². The molecule has 0 saturated carbocycles. The number of aromatic nitrogens is 1. The van der Waals surface area contributed by atoms with E-state index in [1.54, 1.807) is 6.20 Å². The van der Waals surface area contributed by atoms with Crippen molar-refractivity contribution in [1.29, 1.82) is 0 Å². The predicted molar refractivity (Wildman–Crippen MR) is 148 cm³/mol. The number of pyridine rings is 1. The summed E-state index contributed by atoms with van der Waals surface area (Å²) in [5.74, 6) is 1.16. The lowest BCUT2D eigenvalue weighted by Crippen LogP contribution is -2.37. The Labute approximate surface area is 212 Å². The van der Waals surface area contributed by atoms with E-state index in [1.807, 2.05) is 12.1 Å². The zero-order chi connectivity index (χ0) is 23.6. The summed E-state index contributed by atoms with van der Waals surface area (Å²) in [6, 6.07) is 3.98. The molecule has 1 aromatic rings. The molecule has 1 aromatic heterocycles. The number of nitrogens with two attached hydrogens (primary N) is 1. The second-order valence-corrected chi connectivity index (χ2v) is 12.2. The molecule has 3 rings (SSSR count). The highest BCUT2D eigenvalue weighted by Crippen LogP contribution is 2.30. The van der Waals surface area contributed by atoms with Gasteiger partial charge in [-0.15, -0.1) is 20.7 Å². The molecule has 0 aliphatic carbocycles. The van der Waals surface area contributed by atoms with Crippen LogP contribution in [0.1, 0.15) is 39.5 Å². The lowest BCUT2D eigenvalue weighted by Gasteiger charge is -2.27. The number of anilines is 1. The SMILES string of the molecule is C=C(OC1=CCI=C(CCN(CC)CCC(C)N2CCCC2=O)C=C1)Sc1ncccc1N. The highest BCUT2D eigenvalue weighted by molar-refractivity contribution is 14.2. The predicted octanol–water partition coefficient (Wildman–Crippen LogP) is 4.95. The zero-order valence-electron chi connectivity index (χ0n) is 19.6. The minimum absolute atomic E-state index is 0.0348. The first-order valence-electron chi connectivity index (χ1n) is 11.6. The third kappa shape index (κ3) is 8.26. The lowest BCUT2D eigenvalue weighted by atomic mass is 10.2. The average molecular weight is 583 g/mol. The van der Waals surface area contributed by atoms with Gasteiger partial charge in [0.2, 0.25) is 5.91 Å². The van der Waals surface area contributed by atoms with Crippen LogP contribution in [0, 0.1) is 0 Å². The molecule has 1 fully saturated rings. The van der Waals surface area contributed by atoms with Crippen molar-refractivity contribution in [3.8, 4) is 0 Å². The molecule has 2 aliphatic rings. The van der Waals surface area contributed by atoms with E-state index in [-0.39, 0.29) is 20.7 Å². The van der Waals surface area contributed by atoms with Crippen LogP contribution >= 0.6 is 32.5 Å². The Morgan fingerprint density at radius 1 is 1.42 bits per heavy atom. The summed E-state index contributed by atoms with van der Waals surface area (Å²) < 4.78 is 8.55. The molecule has 2 N–H and O–H groups in total. The number of thioether (sulfide) groups is 1. The molecule has 0 bridgehead atoms. The molecule has 1 atom stereocenters. The van der Waals surface area contributed by atoms with Crippen LogP contribution in [0.15, 0.2) is 59.0 Å². The summed E-state index contributed by atoms with van der Waals surface area (Å²) in [6.45, 7) is 12.5. The summed E-state index contributed by atoms with van der Waals surface area (Å²) >= 11 is 1.31. The number of likely N-dealkylation sites (tertiary alicyclic amines) is 1. The molecule has 0 spiro atoms. The molecule has 1 unspecified atom stereocenters. The summed E-state index contributed by atoms with van der Waals surface area (Å²) in [6.07, 6.45) is 12.0. The summed E-state index contributed by atoms with van der Waals surface area (Å²) in [5, 5.41) is 1.28. The number of nitrogens with zero attached hydrogens (tertiary/aromatic N) is 3. The van der Waals surface area contributed by atoms with Crippen LogP contribution in [0.2, 0.25) is 0 Å². The summed E-state index contributed by atoms with van der Waals surface area (Å²) in [5.41, 5.74) is 6.59. The fourth-order valence-electron chi connectivity index (χ4n) is 3.83. The van der Waals surface area contributed by atoms with Crippen molar-refractivity contribution in [2.24, 2.45) is 0 Å². The van der Waals surface area contributed by atoms with E-state index in [0.717, 1.165) is 62.0 Å². The average Bonchev–Trinajstić information content (AvgIpc) is 3.11. The van der Waals surface area contributed by atoms with Gasteiger partial charge in [-0.3, -0.25) is 4.79 Å². The van der Waals surface area contributed by atoms with Gasteiger partial charge >= 0.3 is 0 Å². The molecule has 180 valence electrons. The first kappa shape index (κ1) is 26.0. The van der Waals surface area contributed by atoms with E-state index < -0.39 is 0 Å². The van der Waals surface area contributed by atoms with Gasteiger partial charge in [-0.25, -0.2) is 4.98 Å². The van der Waals surface area contributed by atoms with Gasteiger partial charge in [-0.05, 0) is 84.9 Å². The molecule has 0 radical (unpaired) electrons. The first-order chi connectivity index (χ1) is 16.0. The van der Waals surface area contributed by atoms with Gasteiger partial charge in [-0.1, -0.05) is 6.92 Å². The third-order valence-corrected chi connectivity index (χ3v) is 9.42. The maximum absolute atomic E-state index is 12.0. The van der Waals surface area contributed by atoms with E-state index in [2.05, 4.69) is 53.4 Å². The Hall–Kier alpha value is -1.65. The van der Waals surface area contributed by atoms with E-state index in [9.17, 15) is 4.79 Å². The van der Waals surface area contributed by atoms with E-state index >= 15 is 0 Å². The number of hydrogen-bond donors (Lipinski definition) is 1. The fraction of sp³-hybridized carbons (Fsp3) is 0.480. The van der Waals surface area contributed by atoms with Crippen LogP contribution in [0.4, 0.5) is 5.69 Å². The Kier molecular flexibility index (Phi) is 10.5. The number of carbonyl (C=O) groups excluding carboxylic acids is 1. The van der Waals surface area contributed by atoms with Crippen LogP contribution in [-0.4, -0.2) is 60.8 Å². The van der Waals surface area contributed by atoms with Crippen molar-refractivity contribution in [1.82, 2.24) is 14.8 Å². The number of ether oxygens (including phenoxy) is 1. The van der Waals surface area contributed by atoms with Crippen molar-refractivity contribution in [2.45, 2.75) is 50.6 Å². The van der Waals surface area contributed by atoms with E-state index in [0.29, 0.717) is 27.8 Å². The van der Waals surface area contributed by atoms with Gasteiger partial charge < -0.3 is 20.3 Å². The number of nitrogen functional groups attached to an aromatic ring is 1. The van der Waals surface area contributed by atoms with Crippen molar-refractivity contribution in [3.63, 3.8) is 0 Å². The van der Waals surface area contributed by atoms with Gasteiger partial charge in [0.25, 0.3) is 0 Å². The Bertz CT molecular complexity index is 931. The molecule has 2 aliphatic heterocycles. The highest BCUT2D eigenvalue weighted by atomic mass is 127. The Morgan fingerprint density at radius 2 is 2.27 bits per heavy atom. The van der Waals surface area contributed by atoms with Crippen molar-refractivity contribution in [2.75, 3.05) is 36.3 Å². The van der Waals surface area contributed by atoms with Gasteiger partial charge in [0.15, 0.2) is 5.09 Å². The smallest absolute Gasteiger partial charge is 0.222 e. The largest absolute Gasteiger partial charge is 0.451 e. The number of hydrogen-bond acceptors (Lipinski definition) is 6. The van der Waals surface area contributed by atoms with Crippen molar-refractivity contribution < 1.29 is 9.53 Å². The second kappa shape index (κ2) is 13.3. The van der Waals surface area contributed by atoms with Crippen LogP contribution < -0.4 is 5.73 Å². The van der Waals surface area contributed by atoms with Gasteiger partial charge in [0.1, 0.15) is 10.8 Å². The quantitative estimate of drug-likeness (QED) is 0.163. The fourth-order valence-corrected chi connectivity index (χ4v) is 6.76. The zero-order valence-corrected chi connectivity index (χ0v) is 22.6. The highest BCUT2D eigenvalue weighted by Gasteiger charge is 2.25. The van der Waals surface area contributed by atoms with Crippen molar-refractivity contribution >= 4 is 47.6 Å². The number of carbonyl (C=O) groups is 1. The van der Waals surface area contributed by atoms with Gasteiger partial charge in [0, 0.05) is 42.7 Å². The normalized spacial score (nSPS) is 17.3. The maximum atomic E-state index is 12.0. The summed E-state index contributed by atoms with van der Waals surface area (Å²) in [4.78, 5) is 20.8. The minimum Gasteiger partial charge on any atom is -0.451 e. The molecule has 1 saturated heterocycles. The second-order valence-electron chi connectivity index (χ2n) is 8.16. The molecular formula is C25H35IN4O2S. The number of allylic oxidation sites excluding steroid dienone is 3. The molecule has 8 heteroatoms. The molecule has 3 heterocycles. The van der Waals surface area contributed by atoms with Crippen LogP contribution in [0.3, 0.4) is 0 Å². The van der Waals surface area contributed by atoms with Gasteiger partial charge in [0.05, 0.1) is 5.69 Å². The molecule has 1 amide bonds. The topological polar surface area (TPSA) is 71.7 Å². The van der Waals surface area contributed by atoms with E-state index in [4.69, 9.17) is 10.5 Å². The molecular weight excluding hydrogens is 547 g/mol. The molecule has 6 nitrogen and oxygen atoms in total. The van der Waals surface area contributed by atoms with Crippen LogP contribution in [0.25, 0.3) is 0 Å². The summed E-state index contributed by atoms with van der Waals surface area (Å²) in [7, 11) is 0. The maximum Gasteiger partial charge on any atom is 0.222 e. The molecule has 0 aromatic carbocycles. The van der Waals surface area contributed by atoms with Gasteiger partial charge in [-0.2, -0.15) is 0 Å². The standard InChI is InChI=1S/C25H35IN4O2S/c1-4-29(17-12-19(2)30-16-6-8-24(30)31)18-13-21-9-10-22(11-14-26-21)32-20(3)33-25-23(27)7-5-15-28-25/h5,7,9-11,15,19H,3-4,6,8,12-14,16-18,27H2,1-2H3. The number of alkyl halides is 1. The number of halogens is 1. The molecule has 33 heavy (non-hydrogen) atoms. The first-order valence-corrected chi connectivity index (χ1v) is 15.0. The monoisotopic (exact) mass is 582 g/mol. The van der Waals surface area contributed by atoms with Crippen molar-refractivity contribution in [3.05, 3.63) is 54.0 Å². The minimum atomic E-state index is -0.0348. The number of rotatable bonds is 12. The third-order valence-electron chi connectivity index (χ3n) is 5.82. The van der Waals surface area contributed by atoms with Crippen LogP contribution in [0.5, 0.6) is 0 Å². The number of amides is 1. The Balaban J connectivity index is 1.42. The Morgan fingerprint density at radius 3 is 3.00 bits per heavy atom. The lowest BCUT2D eigenvalue weighted by molar-refractivity contribution is -0.129. The van der Waals surface area contributed by atoms with Crippen LogP contribution in [-0.2, 0) is 9.53 Å².